The van der Waals surface area contributed by atoms with Gasteiger partial charge in [-0.1, -0.05) is 12.8 Å². The van der Waals surface area contributed by atoms with Gasteiger partial charge >= 0.3 is 0 Å². The van der Waals surface area contributed by atoms with Crippen LogP contribution in [0.5, 0.6) is 17.2 Å². The van der Waals surface area contributed by atoms with Crippen LogP contribution >= 0.6 is 0 Å². The first-order valence-electron chi connectivity index (χ1n) is 10.1. The van der Waals surface area contributed by atoms with Gasteiger partial charge in [0.15, 0.2) is 11.5 Å². The quantitative estimate of drug-likeness (QED) is 0.821. The van der Waals surface area contributed by atoms with E-state index in [1.807, 2.05) is 12.1 Å². The molecule has 0 saturated carbocycles. The molecule has 152 valence electrons. The SMILES string of the molecule is COc1cc(OC)c(OC)cc1CN1CC[C@@H](N2CCCCCC2)[C@H](O)C1. The Morgan fingerprint density at radius 3 is 2.11 bits per heavy atom. The van der Waals surface area contributed by atoms with Crippen molar-refractivity contribution in [2.45, 2.75) is 50.8 Å². The molecule has 0 amide bonds. The molecule has 0 aromatic heterocycles. The number of ether oxygens (including phenoxy) is 3. The van der Waals surface area contributed by atoms with E-state index >= 15 is 0 Å². The molecule has 6 heteroatoms. The summed E-state index contributed by atoms with van der Waals surface area (Å²) in [5.41, 5.74) is 1.05. The fraction of sp³-hybridized carbons (Fsp3) is 0.714. The topological polar surface area (TPSA) is 54.4 Å². The Balaban J connectivity index is 1.65. The second-order valence-electron chi connectivity index (χ2n) is 7.63. The third kappa shape index (κ3) is 4.86. The number of rotatable bonds is 6. The monoisotopic (exact) mass is 378 g/mol. The van der Waals surface area contributed by atoms with Gasteiger partial charge in [0.2, 0.25) is 0 Å². The summed E-state index contributed by atoms with van der Waals surface area (Å²) in [4.78, 5) is 4.83. The average molecular weight is 379 g/mol. The number of hydrogen-bond donors (Lipinski definition) is 1. The number of nitrogens with zero attached hydrogens (tertiary/aromatic N) is 2. The number of β-amino-alcohol motifs (C(OH)–C–C–N with tert-alkyl or cyclic N) is 1. The molecule has 0 aliphatic carbocycles. The Morgan fingerprint density at radius 1 is 0.889 bits per heavy atom. The van der Waals surface area contributed by atoms with Crippen molar-refractivity contribution in [3.05, 3.63) is 17.7 Å². The molecule has 1 N–H and O–H groups in total. The van der Waals surface area contributed by atoms with Crippen LogP contribution in [0.3, 0.4) is 0 Å². The second kappa shape index (κ2) is 9.62. The summed E-state index contributed by atoms with van der Waals surface area (Å²) in [7, 11) is 4.94. The van der Waals surface area contributed by atoms with Crippen molar-refractivity contribution in [3.63, 3.8) is 0 Å². The molecule has 0 radical (unpaired) electrons. The Kier molecular flexibility index (Phi) is 7.21. The Morgan fingerprint density at radius 2 is 1.52 bits per heavy atom. The number of aliphatic hydroxyl groups excluding tert-OH is 1. The van der Waals surface area contributed by atoms with Crippen LogP contribution in [0.2, 0.25) is 0 Å². The van der Waals surface area contributed by atoms with Gasteiger partial charge in [-0.25, -0.2) is 0 Å². The predicted octanol–water partition coefficient (Wildman–Crippen LogP) is 2.52. The van der Waals surface area contributed by atoms with Crippen LogP contribution in [-0.2, 0) is 6.54 Å². The summed E-state index contributed by atoms with van der Waals surface area (Å²) in [6.07, 6.45) is 5.88. The zero-order chi connectivity index (χ0) is 19.2. The van der Waals surface area contributed by atoms with E-state index in [-0.39, 0.29) is 6.10 Å². The maximum Gasteiger partial charge on any atom is 0.164 e. The molecule has 6 nitrogen and oxygen atoms in total. The van der Waals surface area contributed by atoms with Crippen molar-refractivity contribution in [3.8, 4) is 17.2 Å². The standard InChI is InChI=1S/C21H34N2O4/c1-25-19-13-21(27-3)20(26-2)12-16(19)14-22-11-8-17(18(24)15-22)23-9-6-4-5-7-10-23/h12-13,17-18,24H,4-11,14-15H2,1-3H3/t17-,18-/m1/s1. The van der Waals surface area contributed by atoms with E-state index in [2.05, 4.69) is 9.80 Å². The molecule has 3 rings (SSSR count). The number of methoxy groups -OCH3 is 3. The Hall–Kier alpha value is -1.50. The highest BCUT2D eigenvalue weighted by Crippen LogP contribution is 2.35. The van der Waals surface area contributed by atoms with Crippen LogP contribution < -0.4 is 14.2 Å². The van der Waals surface area contributed by atoms with E-state index in [0.29, 0.717) is 24.1 Å². The molecular weight excluding hydrogens is 344 g/mol. The van der Waals surface area contributed by atoms with Gasteiger partial charge in [0.25, 0.3) is 0 Å². The van der Waals surface area contributed by atoms with Crippen molar-refractivity contribution in [1.82, 2.24) is 9.80 Å². The van der Waals surface area contributed by atoms with Gasteiger partial charge in [-0.05, 0) is 38.4 Å². The predicted molar refractivity (Wildman–Crippen MR) is 106 cm³/mol. The lowest BCUT2D eigenvalue weighted by atomic mass is 9.99. The molecule has 2 aliphatic rings. The molecule has 2 aliphatic heterocycles. The van der Waals surface area contributed by atoms with Crippen LogP contribution in [0.15, 0.2) is 12.1 Å². The van der Waals surface area contributed by atoms with Gasteiger partial charge in [-0.3, -0.25) is 9.80 Å². The van der Waals surface area contributed by atoms with Crippen LogP contribution in [0.25, 0.3) is 0 Å². The maximum absolute atomic E-state index is 10.8. The normalized spacial score (nSPS) is 25.0. The lowest BCUT2D eigenvalue weighted by molar-refractivity contribution is -0.0145. The summed E-state index contributed by atoms with van der Waals surface area (Å²) in [6.45, 7) is 4.66. The van der Waals surface area contributed by atoms with Crippen LogP contribution in [0, 0.1) is 0 Å². The van der Waals surface area contributed by atoms with Gasteiger partial charge in [0, 0.05) is 37.3 Å². The lowest BCUT2D eigenvalue weighted by Gasteiger charge is -2.41. The van der Waals surface area contributed by atoms with Crippen LogP contribution in [-0.4, -0.2) is 74.6 Å². The number of piperidine rings is 1. The van der Waals surface area contributed by atoms with Gasteiger partial charge in [0.1, 0.15) is 5.75 Å². The maximum atomic E-state index is 10.8. The highest BCUT2D eigenvalue weighted by Gasteiger charge is 2.32. The zero-order valence-corrected chi connectivity index (χ0v) is 16.9. The van der Waals surface area contributed by atoms with E-state index in [1.54, 1.807) is 21.3 Å². The minimum absolute atomic E-state index is 0.298. The number of benzene rings is 1. The van der Waals surface area contributed by atoms with E-state index in [9.17, 15) is 5.11 Å². The van der Waals surface area contributed by atoms with Crippen LogP contribution in [0.4, 0.5) is 0 Å². The number of likely N-dealkylation sites (tertiary alicyclic amines) is 2. The Labute approximate surface area is 163 Å². The minimum atomic E-state index is -0.303. The molecule has 2 atom stereocenters. The number of hydrogen-bond acceptors (Lipinski definition) is 6. The van der Waals surface area contributed by atoms with Gasteiger partial charge < -0.3 is 19.3 Å². The van der Waals surface area contributed by atoms with Crippen molar-refractivity contribution in [1.29, 1.82) is 0 Å². The van der Waals surface area contributed by atoms with Gasteiger partial charge in [-0.2, -0.15) is 0 Å². The lowest BCUT2D eigenvalue weighted by Crippen LogP contribution is -2.54. The minimum Gasteiger partial charge on any atom is -0.496 e. The summed E-state index contributed by atoms with van der Waals surface area (Å²) >= 11 is 0. The molecule has 1 aromatic rings. The molecule has 0 spiro atoms. The smallest absolute Gasteiger partial charge is 0.164 e. The summed E-state index contributed by atoms with van der Waals surface area (Å²) in [5.74, 6) is 2.16. The van der Waals surface area contributed by atoms with E-state index in [1.165, 1.54) is 25.7 Å². The van der Waals surface area contributed by atoms with Gasteiger partial charge in [-0.15, -0.1) is 0 Å². The highest BCUT2D eigenvalue weighted by molar-refractivity contribution is 5.50. The second-order valence-corrected chi connectivity index (χ2v) is 7.63. The van der Waals surface area contributed by atoms with Crippen LogP contribution in [0.1, 0.15) is 37.7 Å². The molecule has 0 unspecified atom stereocenters. The van der Waals surface area contributed by atoms with Crippen molar-refractivity contribution in [2.75, 3.05) is 47.5 Å². The highest BCUT2D eigenvalue weighted by atomic mass is 16.5. The third-order valence-electron chi connectivity index (χ3n) is 5.92. The fourth-order valence-corrected chi connectivity index (χ4v) is 4.44. The Bertz CT molecular complexity index is 602. The first-order chi connectivity index (χ1) is 13.2. The first-order valence-corrected chi connectivity index (χ1v) is 10.1. The summed E-state index contributed by atoms with van der Waals surface area (Å²) in [5, 5.41) is 10.8. The van der Waals surface area contributed by atoms with Gasteiger partial charge in [0.05, 0.1) is 27.4 Å². The van der Waals surface area contributed by atoms with Crippen molar-refractivity contribution < 1.29 is 19.3 Å². The average Bonchev–Trinajstić information content (AvgIpc) is 2.97. The zero-order valence-electron chi connectivity index (χ0n) is 16.9. The molecule has 0 bridgehead atoms. The van der Waals surface area contributed by atoms with Crippen molar-refractivity contribution in [2.24, 2.45) is 0 Å². The molecule has 2 heterocycles. The first kappa shape index (κ1) is 20.2. The fourth-order valence-electron chi connectivity index (χ4n) is 4.44. The van der Waals surface area contributed by atoms with Crippen molar-refractivity contribution >= 4 is 0 Å². The molecule has 27 heavy (non-hydrogen) atoms. The number of aliphatic hydroxyl groups is 1. The molecule has 1 aromatic carbocycles. The van der Waals surface area contributed by atoms with E-state index in [4.69, 9.17) is 14.2 Å². The summed E-state index contributed by atoms with van der Waals surface area (Å²) in [6, 6.07) is 4.14. The third-order valence-corrected chi connectivity index (χ3v) is 5.92. The van der Waals surface area contributed by atoms with E-state index in [0.717, 1.165) is 43.9 Å². The van der Waals surface area contributed by atoms with E-state index < -0.39 is 0 Å². The largest absolute Gasteiger partial charge is 0.496 e. The summed E-state index contributed by atoms with van der Waals surface area (Å²) < 4.78 is 16.4. The molecular formula is C21H34N2O4. The molecule has 2 saturated heterocycles. The molecule has 2 fully saturated rings.